The molecule has 2 heterocycles. The Morgan fingerprint density at radius 3 is 2.65 bits per heavy atom. The van der Waals surface area contributed by atoms with Gasteiger partial charge in [0.2, 0.25) is 6.79 Å². The van der Waals surface area contributed by atoms with Gasteiger partial charge < -0.3 is 19.5 Å². The van der Waals surface area contributed by atoms with Gasteiger partial charge in [0.25, 0.3) is 5.91 Å². The van der Waals surface area contributed by atoms with Crippen molar-refractivity contribution in [1.29, 1.82) is 0 Å². The maximum Gasteiger partial charge on any atom is 0.278 e. The summed E-state index contributed by atoms with van der Waals surface area (Å²) in [6, 6.07) is 20.7. The standard InChI is InChI=1S/C24H21N3O4/c1-15(16-7-10-18(29-2)11-8-16)26-27-23(17-9-12-21-22(13-17)31-14-30-21)25-20-6-4-3-5-19(20)24(27)28/h3-13,23,25H,14H2,1-2H3/b26-15-/t23-/m0/s1. The van der Waals surface area contributed by atoms with Crippen molar-refractivity contribution in [3.8, 4) is 17.2 Å². The van der Waals surface area contributed by atoms with E-state index in [4.69, 9.17) is 19.3 Å². The van der Waals surface area contributed by atoms with E-state index < -0.39 is 6.17 Å². The van der Waals surface area contributed by atoms with Crippen LogP contribution < -0.4 is 19.5 Å². The monoisotopic (exact) mass is 415 g/mol. The Kier molecular flexibility index (Phi) is 4.71. The summed E-state index contributed by atoms with van der Waals surface area (Å²) in [5.41, 5.74) is 3.80. The largest absolute Gasteiger partial charge is 0.497 e. The number of carbonyl (C=O) groups is 1. The Bertz CT molecular complexity index is 1170. The number of methoxy groups -OCH3 is 1. The molecule has 7 nitrogen and oxygen atoms in total. The molecule has 0 fully saturated rings. The van der Waals surface area contributed by atoms with Gasteiger partial charge in [0.1, 0.15) is 5.75 Å². The average molecular weight is 415 g/mol. The summed E-state index contributed by atoms with van der Waals surface area (Å²) in [6.45, 7) is 2.07. The molecule has 0 aliphatic carbocycles. The molecule has 0 aromatic heterocycles. The van der Waals surface area contributed by atoms with Gasteiger partial charge in [0, 0.05) is 11.3 Å². The number of hydrazone groups is 1. The molecule has 0 unspecified atom stereocenters. The summed E-state index contributed by atoms with van der Waals surface area (Å²) >= 11 is 0. The first kappa shape index (κ1) is 19.0. The molecule has 1 atom stereocenters. The molecule has 0 bridgehead atoms. The molecule has 0 radical (unpaired) electrons. The fraction of sp³-hybridized carbons (Fsp3) is 0.167. The quantitative estimate of drug-likeness (QED) is 0.639. The summed E-state index contributed by atoms with van der Waals surface area (Å²) in [7, 11) is 1.63. The molecule has 156 valence electrons. The topological polar surface area (TPSA) is 72.4 Å². The minimum absolute atomic E-state index is 0.176. The van der Waals surface area contributed by atoms with Crippen molar-refractivity contribution in [2.75, 3.05) is 19.2 Å². The Balaban J connectivity index is 1.56. The first-order valence-electron chi connectivity index (χ1n) is 9.92. The van der Waals surface area contributed by atoms with Gasteiger partial charge in [0.15, 0.2) is 17.7 Å². The number of rotatable bonds is 4. The SMILES string of the molecule is COc1ccc(/C(C)=N\N2C(=O)c3ccccc3N[C@@H]2c2ccc3c(c2)OCO3)cc1. The van der Waals surface area contributed by atoms with Crippen LogP contribution in [0.25, 0.3) is 0 Å². The van der Waals surface area contributed by atoms with Gasteiger partial charge in [-0.15, -0.1) is 0 Å². The number of ether oxygens (including phenoxy) is 3. The molecule has 31 heavy (non-hydrogen) atoms. The molecule has 3 aromatic carbocycles. The predicted octanol–water partition coefficient (Wildman–Crippen LogP) is 4.41. The highest BCUT2D eigenvalue weighted by Gasteiger charge is 2.34. The molecule has 7 heteroatoms. The van der Waals surface area contributed by atoms with Gasteiger partial charge in [-0.05, 0) is 61.0 Å². The lowest BCUT2D eigenvalue weighted by Gasteiger charge is -2.35. The van der Waals surface area contributed by atoms with Crippen LogP contribution in [0.5, 0.6) is 17.2 Å². The maximum absolute atomic E-state index is 13.4. The lowest BCUT2D eigenvalue weighted by Crippen LogP contribution is -2.40. The molecule has 0 saturated carbocycles. The van der Waals surface area contributed by atoms with Crippen LogP contribution in [0.2, 0.25) is 0 Å². The number of hydrogen-bond donors (Lipinski definition) is 1. The van der Waals surface area contributed by atoms with Gasteiger partial charge in [-0.25, -0.2) is 5.01 Å². The first-order valence-corrected chi connectivity index (χ1v) is 9.92. The second-order valence-electron chi connectivity index (χ2n) is 7.27. The minimum atomic E-state index is -0.495. The van der Waals surface area contributed by atoms with Gasteiger partial charge in [0.05, 0.1) is 18.4 Å². The first-order chi connectivity index (χ1) is 15.1. The highest BCUT2D eigenvalue weighted by Crippen LogP contribution is 2.38. The third-order valence-corrected chi connectivity index (χ3v) is 5.38. The lowest BCUT2D eigenvalue weighted by molar-refractivity contribution is 0.0689. The van der Waals surface area contributed by atoms with Crippen LogP contribution in [0.15, 0.2) is 71.8 Å². The Hall–Kier alpha value is -4.00. The normalized spacial score (nSPS) is 17.2. The molecular weight excluding hydrogens is 394 g/mol. The molecule has 5 rings (SSSR count). The van der Waals surface area contributed by atoms with E-state index in [1.165, 1.54) is 5.01 Å². The second-order valence-corrected chi connectivity index (χ2v) is 7.27. The smallest absolute Gasteiger partial charge is 0.278 e. The van der Waals surface area contributed by atoms with Crippen LogP contribution in [-0.4, -0.2) is 30.5 Å². The number of anilines is 1. The molecule has 2 aliphatic heterocycles. The van der Waals surface area contributed by atoms with E-state index in [2.05, 4.69) is 5.32 Å². The van der Waals surface area contributed by atoms with Crippen molar-refractivity contribution in [3.63, 3.8) is 0 Å². The van der Waals surface area contributed by atoms with E-state index in [1.54, 1.807) is 13.2 Å². The molecule has 1 amide bonds. The zero-order valence-corrected chi connectivity index (χ0v) is 17.2. The van der Waals surface area contributed by atoms with Crippen LogP contribution in [-0.2, 0) is 0 Å². The zero-order chi connectivity index (χ0) is 21.4. The number of nitrogens with one attached hydrogen (secondary N) is 1. The summed E-state index contributed by atoms with van der Waals surface area (Å²) in [6.07, 6.45) is -0.495. The maximum atomic E-state index is 13.4. The van der Waals surface area contributed by atoms with Gasteiger partial charge in [-0.1, -0.05) is 18.2 Å². The second kappa shape index (κ2) is 7.68. The van der Waals surface area contributed by atoms with E-state index in [1.807, 2.05) is 67.6 Å². The lowest BCUT2D eigenvalue weighted by atomic mass is 10.0. The highest BCUT2D eigenvalue weighted by molar-refractivity contribution is 6.04. The van der Waals surface area contributed by atoms with E-state index in [0.29, 0.717) is 22.8 Å². The number of hydrogen-bond acceptors (Lipinski definition) is 6. The third kappa shape index (κ3) is 3.44. The molecule has 0 spiro atoms. The molecule has 0 saturated heterocycles. The van der Waals surface area contributed by atoms with Crippen LogP contribution >= 0.6 is 0 Å². The molecule has 1 N–H and O–H groups in total. The molecule has 2 aliphatic rings. The predicted molar refractivity (Wildman–Crippen MR) is 117 cm³/mol. The van der Waals surface area contributed by atoms with Gasteiger partial charge >= 0.3 is 0 Å². The molecule has 3 aromatic rings. The van der Waals surface area contributed by atoms with E-state index in [9.17, 15) is 4.79 Å². The van der Waals surface area contributed by atoms with Crippen LogP contribution in [0.3, 0.4) is 0 Å². The Morgan fingerprint density at radius 1 is 1.06 bits per heavy atom. The fourth-order valence-electron chi connectivity index (χ4n) is 3.71. The van der Waals surface area contributed by atoms with Crippen molar-refractivity contribution in [2.45, 2.75) is 13.1 Å². The van der Waals surface area contributed by atoms with Crippen molar-refractivity contribution in [1.82, 2.24) is 5.01 Å². The summed E-state index contributed by atoms with van der Waals surface area (Å²) in [5.74, 6) is 1.93. The van der Waals surface area contributed by atoms with Crippen LogP contribution in [0, 0.1) is 0 Å². The van der Waals surface area contributed by atoms with Crippen molar-refractivity contribution >= 4 is 17.3 Å². The summed E-state index contributed by atoms with van der Waals surface area (Å²) in [4.78, 5) is 13.4. The van der Waals surface area contributed by atoms with E-state index in [0.717, 1.165) is 22.6 Å². The van der Waals surface area contributed by atoms with E-state index >= 15 is 0 Å². The van der Waals surface area contributed by atoms with Crippen molar-refractivity contribution in [2.24, 2.45) is 5.10 Å². The zero-order valence-electron chi connectivity index (χ0n) is 17.2. The van der Waals surface area contributed by atoms with Gasteiger partial charge in [-0.2, -0.15) is 5.10 Å². The number of amides is 1. The number of fused-ring (bicyclic) bond motifs is 2. The third-order valence-electron chi connectivity index (χ3n) is 5.38. The fourth-order valence-corrected chi connectivity index (χ4v) is 3.71. The number of benzene rings is 3. The summed E-state index contributed by atoms with van der Waals surface area (Å²) in [5, 5.41) is 9.65. The average Bonchev–Trinajstić information content (AvgIpc) is 3.28. The highest BCUT2D eigenvalue weighted by atomic mass is 16.7. The Labute approximate surface area is 179 Å². The number of nitrogens with zero attached hydrogens (tertiary/aromatic N) is 2. The number of carbonyl (C=O) groups excluding carboxylic acids is 1. The van der Waals surface area contributed by atoms with Crippen molar-refractivity contribution in [3.05, 3.63) is 83.4 Å². The van der Waals surface area contributed by atoms with Crippen molar-refractivity contribution < 1.29 is 19.0 Å². The Morgan fingerprint density at radius 2 is 1.84 bits per heavy atom. The van der Waals surface area contributed by atoms with E-state index in [-0.39, 0.29) is 12.7 Å². The number of para-hydroxylation sites is 1. The van der Waals surface area contributed by atoms with Crippen LogP contribution in [0.4, 0.5) is 5.69 Å². The summed E-state index contributed by atoms with van der Waals surface area (Å²) < 4.78 is 16.2. The molecular formula is C24H21N3O4. The minimum Gasteiger partial charge on any atom is -0.497 e. The van der Waals surface area contributed by atoms with Gasteiger partial charge in [-0.3, -0.25) is 4.79 Å². The van der Waals surface area contributed by atoms with Crippen LogP contribution in [0.1, 0.15) is 34.6 Å².